The Bertz CT molecular complexity index is 334. The van der Waals surface area contributed by atoms with E-state index in [1.807, 2.05) is 25.1 Å². The van der Waals surface area contributed by atoms with Crippen LogP contribution in [-0.4, -0.2) is 12.6 Å². The summed E-state index contributed by atoms with van der Waals surface area (Å²) < 4.78 is 4.85. The van der Waals surface area contributed by atoms with Gasteiger partial charge in [-0.05, 0) is 25.0 Å². The first-order chi connectivity index (χ1) is 6.65. The third-order valence-corrected chi connectivity index (χ3v) is 2.05. The van der Waals surface area contributed by atoms with Crippen LogP contribution in [0.2, 0.25) is 0 Å². The number of carbonyl (C=O) groups excluding carboxylic acids is 1. The van der Waals surface area contributed by atoms with Crippen molar-refractivity contribution >= 4 is 11.7 Å². The average Bonchev–Trinajstić information content (AvgIpc) is 2.13. The number of nitrogen functional groups attached to an aromatic ring is 1. The zero-order valence-corrected chi connectivity index (χ0v) is 8.54. The zero-order chi connectivity index (χ0) is 10.6. The molecule has 0 aliphatic carbocycles. The second kappa shape index (κ2) is 4.65. The zero-order valence-electron chi connectivity index (χ0n) is 8.54. The third kappa shape index (κ3) is 2.49. The van der Waals surface area contributed by atoms with E-state index in [1.165, 1.54) is 0 Å². The predicted molar refractivity (Wildman–Crippen MR) is 55.9 cm³/mol. The quantitative estimate of drug-likeness (QED) is 0.587. The van der Waals surface area contributed by atoms with Gasteiger partial charge in [-0.15, -0.1) is 0 Å². The first-order valence-corrected chi connectivity index (χ1v) is 4.64. The molecule has 1 aromatic carbocycles. The second-order valence-corrected chi connectivity index (χ2v) is 3.13. The Labute approximate surface area is 83.9 Å². The summed E-state index contributed by atoms with van der Waals surface area (Å²) >= 11 is 0. The van der Waals surface area contributed by atoms with Crippen molar-refractivity contribution < 1.29 is 9.53 Å². The topological polar surface area (TPSA) is 52.3 Å². The molecule has 3 nitrogen and oxygen atoms in total. The lowest BCUT2D eigenvalue weighted by molar-refractivity contribution is -0.142. The minimum absolute atomic E-state index is 0.232. The molecule has 2 N–H and O–H groups in total. The van der Waals surface area contributed by atoms with E-state index in [-0.39, 0.29) is 12.4 Å². The van der Waals surface area contributed by atoms with Gasteiger partial charge >= 0.3 is 5.97 Å². The molecule has 76 valence electrons. The Morgan fingerprint density at radius 2 is 2.21 bits per heavy atom. The van der Waals surface area contributed by atoms with Crippen molar-refractivity contribution in [1.82, 2.24) is 0 Å². The van der Waals surface area contributed by atoms with E-state index in [0.717, 1.165) is 11.1 Å². The second-order valence-electron chi connectivity index (χ2n) is 3.13. The highest BCUT2D eigenvalue weighted by molar-refractivity contribution is 5.75. The highest BCUT2D eigenvalue weighted by Gasteiger charge is 2.07. The van der Waals surface area contributed by atoms with E-state index < -0.39 is 0 Å². The molecule has 0 aromatic heterocycles. The van der Waals surface area contributed by atoms with Crippen molar-refractivity contribution in [3.8, 4) is 0 Å². The number of esters is 1. The maximum Gasteiger partial charge on any atom is 0.310 e. The number of hydrogen-bond acceptors (Lipinski definition) is 3. The number of carbonyl (C=O) groups is 1. The highest BCUT2D eigenvalue weighted by Crippen LogP contribution is 2.17. The van der Waals surface area contributed by atoms with Gasteiger partial charge in [-0.2, -0.15) is 0 Å². The van der Waals surface area contributed by atoms with Crippen LogP contribution in [0.3, 0.4) is 0 Å². The molecule has 0 fully saturated rings. The molecule has 0 heterocycles. The largest absolute Gasteiger partial charge is 0.466 e. The summed E-state index contributed by atoms with van der Waals surface area (Å²) in [4.78, 5) is 11.2. The fraction of sp³-hybridized carbons (Fsp3) is 0.364. The van der Waals surface area contributed by atoms with Crippen LogP contribution in [0.1, 0.15) is 18.1 Å². The van der Waals surface area contributed by atoms with E-state index in [4.69, 9.17) is 10.5 Å². The van der Waals surface area contributed by atoms with E-state index in [9.17, 15) is 4.79 Å². The van der Waals surface area contributed by atoms with Gasteiger partial charge in [-0.1, -0.05) is 18.2 Å². The molecule has 0 aliphatic heterocycles. The van der Waals surface area contributed by atoms with Gasteiger partial charge in [-0.25, -0.2) is 0 Å². The molecule has 0 saturated heterocycles. The lowest BCUT2D eigenvalue weighted by Crippen LogP contribution is -2.09. The molecule has 0 bridgehead atoms. The Balaban J connectivity index is 2.76. The Morgan fingerprint density at radius 3 is 2.86 bits per heavy atom. The van der Waals surface area contributed by atoms with E-state index in [2.05, 4.69) is 0 Å². The summed E-state index contributed by atoms with van der Waals surface area (Å²) in [5.41, 5.74) is 8.33. The molecular formula is C11H15NO2. The number of anilines is 1. The Morgan fingerprint density at radius 1 is 1.50 bits per heavy atom. The number of para-hydroxylation sites is 1. The summed E-state index contributed by atoms with van der Waals surface area (Å²) in [6.07, 6.45) is 0.251. The van der Waals surface area contributed by atoms with Crippen LogP contribution in [0.25, 0.3) is 0 Å². The average molecular weight is 193 g/mol. The van der Waals surface area contributed by atoms with E-state index in [1.54, 1.807) is 6.92 Å². The molecule has 0 unspecified atom stereocenters. The normalized spacial score (nSPS) is 9.86. The lowest BCUT2D eigenvalue weighted by Gasteiger charge is -2.07. The fourth-order valence-corrected chi connectivity index (χ4v) is 1.26. The summed E-state index contributed by atoms with van der Waals surface area (Å²) in [6.45, 7) is 4.12. The lowest BCUT2D eigenvalue weighted by atomic mass is 10.1. The minimum atomic E-state index is -0.232. The number of nitrogens with two attached hydrogens (primary N) is 1. The molecule has 14 heavy (non-hydrogen) atoms. The van der Waals surface area contributed by atoms with Crippen molar-refractivity contribution in [3.63, 3.8) is 0 Å². The van der Waals surface area contributed by atoms with Crippen molar-refractivity contribution in [3.05, 3.63) is 29.3 Å². The van der Waals surface area contributed by atoms with Crippen LogP contribution in [-0.2, 0) is 16.0 Å². The molecule has 0 atom stereocenters. The number of rotatable bonds is 3. The molecule has 1 rings (SSSR count). The standard InChI is InChI=1S/C11H15NO2/c1-3-14-10(13)7-9-6-4-5-8(2)11(9)12/h4-6H,3,7,12H2,1-2H3. The van der Waals surface area contributed by atoms with Crippen molar-refractivity contribution in [2.24, 2.45) is 0 Å². The van der Waals surface area contributed by atoms with Gasteiger partial charge in [0.2, 0.25) is 0 Å². The highest BCUT2D eigenvalue weighted by atomic mass is 16.5. The van der Waals surface area contributed by atoms with Crippen LogP contribution < -0.4 is 5.73 Å². The SMILES string of the molecule is CCOC(=O)Cc1cccc(C)c1N. The first-order valence-electron chi connectivity index (χ1n) is 4.64. The molecule has 0 amide bonds. The molecular weight excluding hydrogens is 178 g/mol. The number of benzene rings is 1. The van der Waals surface area contributed by atoms with Crippen LogP contribution in [0.15, 0.2) is 18.2 Å². The van der Waals surface area contributed by atoms with Gasteiger partial charge in [0.1, 0.15) is 0 Å². The monoisotopic (exact) mass is 193 g/mol. The summed E-state index contributed by atoms with van der Waals surface area (Å²) in [5, 5.41) is 0. The minimum Gasteiger partial charge on any atom is -0.466 e. The van der Waals surface area contributed by atoms with Crippen LogP contribution >= 0.6 is 0 Å². The molecule has 0 spiro atoms. The van der Waals surface area contributed by atoms with Gasteiger partial charge < -0.3 is 10.5 Å². The van der Waals surface area contributed by atoms with Crippen molar-refractivity contribution in [2.45, 2.75) is 20.3 Å². The Kier molecular flexibility index (Phi) is 3.51. The van der Waals surface area contributed by atoms with E-state index >= 15 is 0 Å². The molecule has 3 heteroatoms. The van der Waals surface area contributed by atoms with Gasteiger partial charge in [-0.3, -0.25) is 4.79 Å². The molecule has 0 saturated carbocycles. The van der Waals surface area contributed by atoms with Gasteiger partial charge in [0.05, 0.1) is 13.0 Å². The molecule has 0 radical (unpaired) electrons. The fourth-order valence-electron chi connectivity index (χ4n) is 1.26. The van der Waals surface area contributed by atoms with E-state index in [0.29, 0.717) is 12.3 Å². The van der Waals surface area contributed by atoms with Crippen LogP contribution in [0.5, 0.6) is 0 Å². The van der Waals surface area contributed by atoms with Gasteiger partial charge in [0.25, 0.3) is 0 Å². The molecule has 1 aromatic rings. The number of aryl methyl sites for hydroxylation is 1. The Hall–Kier alpha value is -1.51. The number of hydrogen-bond donors (Lipinski definition) is 1. The summed E-state index contributed by atoms with van der Waals surface area (Å²) in [5.74, 6) is -0.232. The number of ether oxygens (including phenoxy) is 1. The maximum absolute atomic E-state index is 11.2. The van der Waals surface area contributed by atoms with Crippen molar-refractivity contribution in [2.75, 3.05) is 12.3 Å². The molecule has 0 aliphatic rings. The third-order valence-electron chi connectivity index (χ3n) is 2.05. The van der Waals surface area contributed by atoms with Crippen LogP contribution in [0, 0.1) is 6.92 Å². The predicted octanol–water partition coefficient (Wildman–Crippen LogP) is 1.68. The smallest absolute Gasteiger partial charge is 0.310 e. The van der Waals surface area contributed by atoms with Gasteiger partial charge in [0, 0.05) is 5.69 Å². The summed E-state index contributed by atoms with van der Waals surface area (Å²) in [6, 6.07) is 5.66. The van der Waals surface area contributed by atoms with Crippen molar-refractivity contribution in [1.29, 1.82) is 0 Å². The van der Waals surface area contributed by atoms with Gasteiger partial charge in [0.15, 0.2) is 0 Å². The van der Waals surface area contributed by atoms with Crippen LogP contribution in [0.4, 0.5) is 5.69 Å². The summed E-state index contributed by atoms with van der Waals surface area (Å²) in [7, 11) is 0. The maximum atomic E-state index is 11.2. The first kappa shape index (κ1) is 10.6.